The summed E-state index contributed by atoms with van der Waals surface area (Å²) in [6.07, 6.45) is -5.08. The molecule has 0 saturated heterocycles. The van der Waals surface area contributed by atoms with Gasteiger partial charge in [0.2, 0.25) is 0 Å². The molecule has 0 bridgehead atoms. The fourth-order valence-corrected chi connectivity index (χ4v) is 2.78. The van der Waals surface area contributed by atoms with E-state index < -0.39 is 6.36 Å². The van der Waals surface area contributed by atoms with Gasteiger partial charge in [0, 0.05) is 12.1 Å². The quantitative estimate of drug-likeness (QED) is 0.829. The highest BCUT2D eigenvalue weighted by molar-refractivity contribution is 9.10. The monoisotopic (exact) mass is 381 g/mol. The summed E-state index contributed by atoms with van der Waals surface area (Å²) in [4.78, 5) is 0. The largest absolute Gasteiger partial charge is 0.573 e. The van der Waals surface area contributed by atoms with E-state index in [1.165, 1.54) is 29.5 Å². The van der Waals surface area contributed by atoms with E-state index in [-0.39, 0.29) is 22.9 Å². The summed E-state index contributed by atoms with van der Waals surface area (Å²) >= 11 is 4.54. The molecule has 1 aromatic heterocycles. The van der Waals surface area contributed by atoms with E-state index in [0.717, 1.165) is 5.56 Å². The van der Waals surface area contributed by atoms with Gasteiger partial charge in [-0.15, -0.1) is 13.2 Å². The van der Waals surface area contributed by atoms with Crippen molar-refractivity contribution in [2.45, 2.75) is 12.5 Å². The number of hydrogen-bond donors (Lipinski definition) is 1. The molecular formula is C13H11BrF3NO2S. The van der Waals surface area contributed by atoms with Crippen LogP contribution >= 0.6 is 27.3 Å². The predicted octanol–water partition coefficient (Wildman–Crippen LogP) is 4.49. The van der Waals surface area contributed by atoms with Gasteiger partial charge in [-0.3, -0.25) is 0 Å². The van der Waals surface area contributed by atoms with Crippen molar-refractivity contribution < 1.29 is 22.6 Å². The summed E-state index contributed by atoms with van der Waals surface area (Å²) in [6.45, 7) is 0.259. The van der Waals surface area contributed by atoms with Crippen LogP contribution in [-0.4, -0.2) is 12.9 Å². The molecule has 2 rings (SSSR count). The number of benzene rings is 1. The van der Waals surface area contributed by atoms with Gasteiger partial charge >= 0.3 is 6.36 Å². The molecule has 0 radical (unpaired) electrons. The van der Waals surface area contributed by atoms with Crippen LogP contribution in [0.3, 0.4) is 0 Å². The fourth-order valence-electron chi connectivity index (χ4n) is 1.64. The molecule has 1 atom stereocenters. The Morgan fingerprint density at radius 2 is 2.05 bits per heavy atom. The Kier molecular flexibility index (Phi) is 5.13. The first-order valence-electron chi connectivity index (χ1n) is 5.83. The lowest BCUT2D eigenvalue weighted by molar-refractivity contribution is -0.274. The first kappa shape index (κ1) is 16.1. The van der Waals surface area contributed by atoms with Crippen molar-refractivity contribution in [3.05, 3.63) is 45.1 Å². The molecule has 0 aliphatic carbocycles. The van der Waals surface area contributed by atoms with Gasteiger partial charge in [-0.05, 0) is 51.0 Å². The van der Waals surface area contributed by atoms with Gasteiger partial charge in [-0.1, -0.05) is 0 Å². The fraction of sp³-hybridized carbons (Fsp3) is 0.231. The van der Waals surface area contributed by atoms with E-state index in [4.69, 9.17) is 10.5 Å². The highest BCUT2D eigenvalue weighted by atomic mass is 79.9. The molecule has 1 unspecified atom stereocenters. The van der Waals surface area contributed by atoms with Crippen LogP contribution < -0.4 is 15.2 Å². The van der Waals surface area contributed by atoms with Crippen LogP contribution in [0.25, 0.3) is 0 Å². The van der Waals surface area contributed by atoms with Crippen LogP contribution in [0.5, 0.6) is 11.5 Å². The molecule has 1 aromatic carbocycles. The third-order valence-corrected chi connectivity index (χ3v) is 3.86. The summed E-state index contributed by atoms with van der Waals surface area (Å²) < 4.78 is 46.3. The Morgan fingerprint density at radius 3 is 2.57 bits per heavy atom. The lowest BCUT2D eigenvalue weighted by Gasteiger charge is -2.17. The summed E-state index contributed by atoms with van der Waals surface area (Å²) in [5.74, 6) is 0.0766. The standard InChI is InChI=1S/C13H11BrF3NO2S/c14-10-5-9(1-2-11(10)20-13(15,16)17)19-12(6-18)8-3-4-21-7-8/h1-5,7,12H,6,18H2. The van der Waals surface area contributed by atoms with Crippen molar-refractivity contribution in [1.82, 2.24) is 0 Å². The van der Waals surface area contributed by atoms with E-state index in [2.05, 4.69) is 20.7 Å². The molecule has 2 N–H and O–H groups in total. The maximum atomic E-state index is 12.2. The molecule has 1 heterocycles. The summed E-state index contributed by atoms with van der Waals surface area (Å²) in [6, 6.07) is 5.89. The van der Waals surface area contributed by atoms with E-state index in [1.54, 1.807) is 0 Å². The summed E-state index contributed by atoms with van der Waals surface area (Å²) in [5.41, 5.74) is 6.58. The zero-order valence-electron chi connectivity index (χ0n) is 10.6. The van der Waals surface area contributed by atoms with Gasteiger partial charge in [-0.25, -0.2) is 0 Å². The van der Waals surface area contributed by atoms with Crippen molar-refractivity contribution in [1.29, 1.82) is 0 Å². The second-order valence-electron chi connectivity index (χ2n) is 4.04. The minimum absolute atomic E-state index is 0.151. The van der Waals surface area contributed by atoms with Crippen LogP contribution in [-0.2, 0) is 0 Å². The number of halogens is 4. The molecule has 114 valence electrons. The Bertz CT molecular complexity index is 590. The van der Waals surface area contributed by atoms with Crippen LogP contribution in [0.1, 0.15) is 11.7 Å². The first-order chi connectivity index (χ1) is 9.89. The molecule has 0 amide bonds. The number of ether oxygens (including phenoxy) is 2. The second-order valence-corrected chi connectivity index (χ2v) is 5.67. The lowest BCUT2D eigenvalue weighted by Crippen LogP contribution is -2.18. The van der Waals surface area contributed by atoms with E-state index in [0.29, 0.717) is 5.75 Å². The minimum Gasteiger partial charge on any atom is -0.484 e. The molecule has 0 fully saturated rings. The lowest BCUT2D eigenvalue weighted by atomic mass is 10.2. The maximum Gasteiger partial charge on any atom is 0.573 e. The summed E-state index contributed by atoms with van der Waals surface area (Å²) in [5, 5.41) is 3.81. The Labute approximate surface area is 131 Å². The summed E-state index contributed by atoms with van der Waals surface area (Å²) in [7, 11) is 0. The van der Waals surface area contributed by atoms with Crippen LogP contribution in [0.15, 0.2) is 39.5 Å². The molecule has 0 spiro atoms. The number of thiophene rings is 1. The zero-order chi connectivity index (χ0) is 15.5. The predicted molar refractivity (Wildman–Crippen MR) is 77.6 cm³/mol. The van der Waals surface area contributed by atoms with Crippen molar-refractivity contribution in [3.8, 4) is 11.5 Å². The van der Waals surface area contributed by atoms with Gasteiger partial charge in [-0.2, -0.15) is 11.3 Å². The molecular weight excluding hydrogens is 371 g/mol. The van der Waals surface area contributed by atoms with Crippen LogP contribution in [0.4, 0.5) is 13.2 Å². The zero-order valence-corrected chi connectivity index (χ0v) is 13.0. The topological polar surface area (TPSA) is 44.5 Å². The highest BCUT2D eigenvalue weighted by Crippen LogP contribution is 2.34. The van der Waals surface area contributed by atoms with Gasteiger partial charge < -0.3 is 15.2 Å². The Hall–Kier alpha value is -1.25. The number of rotatable bonds is 5. The molecule has 21 heavy (non-hydrogen) atoms. The smallest absolute Gasteiger partial charge is 0.484 e. The third-order valence-electron chi connectivity index (χ3n) is 2.54. The van der Waals surface area contributed by atoms with Crippen molar-refractivity contribution in [2.75, 3.05) is 6.54 Å². The van der Waals surface area contributed by atoms with Crippen LogP contribution in [0, 0.1) is 0 Å². The minimum atomic E-state index is -4.73. The Morgan fingerprint density at radius 1 is 1.29 bits per heavy atom. The normalized spacial score (nSPS) is 13.0. The van der Waals surface area contributed by atoms with Gasteiger partial charge in [0.25, 0.3) is 0 Å². The van der Waals surface area contributed by atoms with Gasteiger partial charge in [0.05, 0.1) is 4.47 Å². The first-order valence-corrected chi connectivity index (χ1v) is 7.57. The average molecular weight is 382 g/mol. The highest BCUT2D eigenvalue weighted by Gasteiger charge is 2.32. The van der Waals surface area contributed by atoms with Crippen molar-refractivity contribution in [2.24, 2.45) is 5.73 Å². The Balaban J connectivity index is 2.13. The van der Waals surface area contributed by atoms with Crippen molar-refractivity contribution >= 4 is 27.3 Å². The second kappa shape index (κ2) is 6.67. The molecule has 0 saturated carbocycles. The number of alkyl halides is 3. The third kappa shape index (κ3) is 4.62. The average Bonchev–Trinajstić information content (AvgIpc) is 2.91. The van der Waals surface area contributed by atoms with E-state index in [1.807, 2.05) is 16.8 Å². The SMILES string of the molecule is NCC(Oc1ccc(OC(F)(F)F)c(Br)c1)c1ccsc1. The van der Waals surface area contributed by atoms with E-state index in [9.17, 15) is 13.2 Å². The molecule has 2 aromatic rings. The maximum absolute atomic E-state index is 12.2. The number of nitrogens with two attached hydrogens (primary N) is 1. The van der Waals surface area contributed by atoms with Gasteiger partial charge in [0.15, 0.2) is 0 Å². The van der Waals surface area contributed by atoms with Gasteiger partial charge in [0.1, 0.15) is 17.6 Å². The number of hydrogen-bond acceptors (Lipinski definition) is 4. The molecule has 0 aliphatic heterocycles. The van der Waals surface area contributed by atoms with Crippen LogP contribution in [0.2, 0.25) is 0 Å². The molecule has 0 aliphatic rings. The van der Waals surface area contributed by atoms with E-state index >= 15 is 0 Å². The molecule has 3 nitrogen and oxygen atoms in total. The van der Waals surface area contributed by atoms with Crippen molar-refractivity contribution in [3.63, 3.8) is 0 Å². The molecule has 8 heteroatoms.